The van der Waals surface area contributed by atoms with Crippen LogP contribution in [0.25, 0.3) is 0 Å². The molecule has 1 unspecified atom stereocenters. The van der Waals surface area contributed by atoms with Gasteiger partial charge in [0, 0.05) is 6.07 Å². The van der Waals surface area contributed by atoms with Crippen molar-refractivity contribution >= 4 is 23.5 Å². The number of hydrogen-bond acceptors (Lipinski definition) is 6. The van der Waals surface area contributed by atoms with E-state index >= 15 is 0 Å². The summed E-state index contributed by atoms with van der Waals surface area (Å²) in [6.45, 7) is 12.8. The number of aromatic nitrogens is 1. The Morgan fingerprint density at radius 1 is 1.06 bits per heavy atom. The predicted molar refractivity (Wildman–Crippen MR) is 114 cm³/mol. The van der Waals surface area contributed by atoms with E-state index in [9.17, 15) is 24.7 Å². The lowest BCUT2D eigenvalue weighted by molar-refractivity contribution is -0.893. The summed E-state index contributed by atoms with van der Waals surface area (Å²) in [4.78, 5) is 37.3. The quantitative estimate of drug-likeness (QED) is 0.154. The third kappa shape index (κ3) is 8.89. The van der Waals surface area contributed by atoms with Gasteiger partial charge in [-0.15, -0.1) is 0 Å². The van der Waals surface area contributed by atoms with Crippen molar-refractivity contribution in [3.05, 3.63) is 24.4 Å². The van der Waals surface area contributed by atoms with Crippen LogP contribution in [0.2, 0.25) is 0 Å². The molecular weight excluding hydrogens is 404 g/mol. The van der Waals surface area contributed by atoms with Gasteiger partial charge in [-0.05, 0) is 23.8 Å². The second kappa shape index (κ2) is 12.9. The summed E-state index contributed by atoms with van der Waals surface area (Å²) in [7, 11) is 0. The monoisotopic (exact) mass is 441 g/mol. The maximum atomic E-state index is 12.9. The Kier molecular flexibility index (Phi) is 11.7. The van der Waals surface area contributed by atoms with E-state index in [1.165, 1.54) is 17.7 Å². The van der Waals surface area contributed by atoms with Gasteiger partial charge in [0.25, 0.3) is 5.91 Å². The summed E-state index contributed by atoms with van der Waals surface area (Å²) < 4.78 is 0.732. The molecule has 3 atom stereocenters. The molecule has 3 amide bonds. The van der Waals surface area contributed by atoms with Gasteiger partial charge in [0.1, 0.15) is 18.3 Å². The first-order valence-electron chi connectivity index (χ1n) is 10.3. The number of hydroxylamine groups is 1. The summed E-state index contributed by atoms with van der Waals surface area (Å²) >= 11 is 0. The van der Waals surface area contributed by atoms with Crippen LogP contribution in [0.3, 0.4) is 0 Å². The highest BCUT2D eigenvalue weighted by atomic mass is 16.5. The SMILES string of the molecule is CC.CC(C)C[C@@H](C(=O)NC(C(=O)Nc1cccc[n+]1O)C(C)(C)C)[C@H](O)C(=O)NO. The Balaban J connectivity index is 0.00000436. The second-order valence-corrected chi connectivity index (χ2v) is 8.38. The van der Waals surface area contributed by atoms with Gasteiger partial charge >= 0.3 is 11.7 Å². The number of amides is 3. The second-order valence-electron chi connectivity index (χ2n) is 8.38. The maximum absolute atomic E-state index is 12.9. The lowest BCUT2D eigenvalue weighted by atomic mass is 9.84. The molecule has 1 aromatic heterocycles. The molecule has 0 spiro atoms. The number of aliphatic hydroxyl groups excluding tert-OH is 1. The first kappa shape index (κ1) is 28.3. The minimum atomic E-state index is -1.78. The highest BCUT2D eigenvalue weighted by Gasteiger charge is 2.40. The number of anilines is 1. The standard InChI is InChI=1S/C19H30N4O6.C2H6/c1-11(2)10-12(14(24)17(26)22-28)16(25)21-15(19(3,4)5)18(27)20-13-8-6-7-9-23(13)29;1-2/h6-9,11-12,14-15,24,29H,10H2,1-5H3,(H3,21,22,25,26,28);1-2H3/p+1/t12-,14+,15?;/m1./s1. The molecule has 1 rings (SSSR count). The summed E-state index contributed by atoms with van der Waals surface area (Å²) in [5.41, 5.74) is 0.619. The molecule has 0 aromatic carbocycles. The van der Waals surface area contributed by atoms with Crippen molar-refractivity contribution in [2.45, 2.75) is 67.0 Å². The van der Waals surface area contributed by atoms with E-state index in [0.717, 1.165) is 4.73 Å². The zero-order valence-electron chi connectivity index (χ0n) is 19.3. The molecule has 0 aliphatic carbocycles. The van der Waals surface area contributed by atoms with Crippen molar-refractivity contribution in [1.82, 2.24) is 10.8 Å². The van der Waals surface area contributed by atoms with E-state index in [0.29, 0.717) is 0 Å². The number of nitrogens with one attached hydrogen (secondary N) is 3. The highest BCUT2D eigenvalue weighted by Crippen LogP contribution is 2.23. The molecule has 176 valence electrons. The average Bonchev–Trinajstić information content (AvgIpc) is 2.71. The van der Waals surface area contributed by atoms with Gasteiger partial charge in [0.05, 0.1) is 5.92 Å². The first-order valence-corrected chi connectivity index (χ1v) is 10.3. The molecule has 1 aromatic rings. The van der Waals surface area contributed by atoms with Crippen LogP contribution in [0, 0.1) is 17.3 Å². The van der Waals surface area contributed by atoms with E-state index in [4.69, 9.17) is 5.21 Å². The minimum Gasteiger partial charge on any atom is -0.382 e. The van der Waals surface area contributed by atoms with E-state index in [1.54, 1.807) is 32.9 Å². The number of nitrogens with zero attached hydrogens (tertiary/aromatic N) is 1. The van der Waals surface area contributed by atoms with Crippen LogP contribution in [-0.4, -0.2) is 45.4 Å². The zero-order valence-corrected chi connectivity index (χ0v) is 19.3. The van der Waals surface area contributed by atoms with Crippen LogP contribution >= 0.6 is 0 Å². The molecule has 10 heteroatoms. The normalized spacial score (nSPS) is 13.9. The summed E-state index contributed by atoms with van der Waals surface area (Å²) in [5.74, 6) is -3.47. The van der Waals surface area contributed by atoms with Crippen molar-refractivity contribution in [3.8, 4) is 0 Å². The van der Waals surface area contributed by atoms with Crippen LogP contribution in [0.15, 0.2) is 24.4 Å². The molecule has 0 radical (unpaired) electrons. The fraction of sp³-hybridized carbons (Fsp3) is 0.619. The van der Waals surface area contributed by atoms with Gasteiger partial charge in [0.15, 0.2) is 0 Å². The molecule has 31 heavy (non-hydrogen) atoms. The van der Waals surface area contributed by atoms with Gasteiger partial charge in [0.2, 0.25) is 5.91 Å². The van der Waals surface area contributed by atoms with E-state index in [-0.39, 0.29) is 18.2 Å². The van der Waals surface area contributed by atoms with Gasteiger partial charge in [-0.2, -0.15) is 0 Å². The minimum absolute atomic E-state index is 0.0357. The van der Waals surface area contributed by atoms with E-state index in [1.807, 2.05) is 27.7 Å². The fourth-order valence-corrected chi connectivity index (χ4v) is 2.79. The third-order valence-corrected chi connectivity index (χ3v) is 4.33. The van der Waals surface area contributed by atoms with Crippen LogP contribution < -0.4 is 20.8 Å². The van der Waals surface area contributed by atoms with Gasteiger partial charge < -0.3 is 15.6 Å². The maximum Gasteiger partial charge on any atom is 0.330 e. The van der Waals surface area contributed by atoms with Crippen molar-refractivity contribution in [1.29, 1.82) is 0 Å². The molecule has 10 nitrogen and oxygen atoms in total. The van der Waals surface area contributed by atoms with Crippen molar-refractivity contribution in [2.24, 2.45) is 17.3 Å². The van der Waals surface area contributed by atoms with Crippen molar-refractivity contribution in [2.75, 3.05) is 5.32 Å². The molecule has 0 fully saturated rings. The molecule has 0 saturated carbocycles. The Labute approximate surface area is 183 Å². The van der Waals surface area contributed by atoms with Gasteiger partial charge in [-0.25, -0.2) is 15.6 Å². The summed E-state index contributed by atoms with van der Waals surface area (Å²) in [6.07, 6.45) is -0.281. The van der Waals surface area contributed by atoms with Gasteiger partial charge in [-0.1, -0.05) is 59.3 Å². The number of aliphatic hydroxyl groups is 1. The fourth-order valence-electron chi connectivity index (χ4n) is 2.79. The molecule has 0 aliphatic heterocycles. The summed E-state index contributed by atoms with van der Waals surface area (Å²) in [6, 6.07) is 3.64. The Morgan fingerprint density at radius 3 is 2.10 bits per heavy atom. The molecule has 0 aliphatic rings. The van der Waals surface area contributed by atoms with E-state index in [2.05, 4.69) is 10.6 Å². The van der Waals surface area contributed by atoms with Crippen LogP contribution in [0.1, 0.15) is 54.9 Å². The Bertz CT molecular complexity index is 733. The van der Waals surface area contributed by atoms with Gasteiger partial charge in [-0.3, -0.25) is 14.8 Å². The molecule has 1 heterocycles. The Hall–Kier alpha value is -2.72. The first-order chi connectivity index (χ1) is 14.4. The number of pyridine rings is 1. The largest absolute Gasteiger partial charge is 0.382 e. The third-order valence-electron chi connectivity index (χ3n) is 4.33. The number of carbonyl (C=O) groups is 3. The van der Waals surface area contributed by atoms with Crippen LogP contribution in [0.4, 0.5) is 5.82 Å². The zero-order chi connectivity index (χ0) is 24.4. The smallest absolute Gasteiger partial charge is 0.330 e. The Morgan fingerprint density at radius 2 is 1.65 bits per heavy atom. The molecular formula is C21H37N4O6+. The van der Waals surface area contributed by atoms with Crippen LogP contribution in [0.5, 0.6) is 0 Å². The van der Waals surface area contributed by atoms with Crippen molar-refractivity contribution in [3.63, 3.8) is 0 Å². The van der Waals surface area contributed by atoms with E-state index < -0.39 is 41.2 Å². The topological polar surface area (TPSA) is 152 Å². The lowest BCUT2D eigenvalue weighted by Gasteiger charge is -2.31. The number of hydrogen-bond donors (Lipinski definition) is 6. The molecule has 0 saturated heterocycles. The number of rotatable bonds is 8. The lowest BCUT2D eigenvalue weighted by Crippen LogP contribution is -2.56. The summed E-state index contributed by atoms with van der Waals surface area (Å²) in [5, 5.41) is 33.9. The highest BCUT2D eigenvalue weighted by molar-refractivity contribution is 5.98. The van der Waals surface area contributed by atoms with Crippen LogP contribution in [-0.2, 0) is 14.4 Å². The average molecular weight is 442 g/mol. The number of carbonyl (C=O) groups excluding carboxylic acids is 3. The predicted octanol–water partition coefficient (Wildman–Crippen LogP) is 1.24. The molecule has 0 bridgehead atoms. The van der Waals surface area contributed by atoms with Crippen molar-refractivity contribution < 1.29 is 34.6 Å². The molecule has 6 N–H and O–H groups in total.